The molecule has 0 aliphatic carbocycles. The molecule has 3 rings (SSSR count). The molecule has 202 valence electrons. The first-order valence-electron chi connectivity index (χ1n) is 12.7. The van der Waals surface area contributed by atoms with Crippen LogP contribution in [0.2, 0.25) is 0 Å². The number of sulfonamides is 1. The van der Waals surface area contributed by atoms with Crippen molar-refractivity contribution in [2.24, 2.45) is 0 Å². The van der Waals surface area contributed by atoms with Gasteiger partial charge in [-0.2, -0.15) is 0 Å². The molecule has 0 saturated carbocycles. The third kappa shape index (κ3) is 8.93. The van der Waals surface area contributed by atoms with Gasteiger partial charge in [-0.25, -0.2) is 17.9 Å². The number of benzene rings is 3. The second-order valence-electron chi connectivity index (χ2n) is 8.88. The fourth-order valence-corrected chi connectivity index (χ4v) is 5.29. The number of hydrogen-bond donors (Lipinski definition) is 3. The first-order chi connectivity index (χ1) is 18.3. The van der Waals surface area contributed by atoms with Crippen LogP contribution in [0.15, 0.2) is 89.8 Å². The highest BCUT2D eigenvalue weighted by Crippen LogP contribution is 2.21. The van der Waals surface area contributed by atoms with Gasteiger partial charge in [0.15, 0.2) is 5.11 Å². The lowest BCUT2D eigenvalue weighted by atomic mass is 9.99. The molecule has 0 fully saturated rings. The van der Waals surface area contributed by atoms with Crippen LogP contribution in [0.4, 0.5) is 0 Å². The molecular formula is C29H35N3O4S2. The molecule has 0 heterocycles. The van der Waals surface area contributed by atoms with E-state index in [1.807, 2.05) is 67.6 Å². The molecule has 3 aromatic rings. The van der Waals surface area contributed by atoms with Gasteiger partial charge in [-0.05, 0) is 68.6 Å². The number of esters is 1. The van der Waals surface area contributed by atoms with Crippen LogP contribution in [0, 0.1) is 6.92 Å². The summed E-state index contributed by atoms with van der Waals surface area (Å²) < 4.78 is 32.9. The Morgan fingerprint density at radius 3 is 2.00 bits per heavy atom. The lowest BCUT2D eigenvalue weighted by Gasteiger charge is -2.25. The van der Waals surface area contributed by atoms with Crippen molar-refractivity contribution in [3.8, 4) is 0 Å². The number of carbonyl (C=O) groups excluding carboxylic acids is 1. The molecule has 3 N–H and O–H groups in total. The maximum atomic E-state index is 12.7. The summed E-state index contributed by atoms with van der Waals surface area (Å²) in [5.74, 6) is -0.396. The smallest absolute Gasteiger partial charge is 0.328 e. The molecule has 1 atom stereocenters. The minimum Gasteiger partial charge on any atom is -0.464 e. The Morgan fingerprint density at radius 2 is 1.45 bits per heavy atom. The average molecular weight is 554 g/mol. The van der Waals surface area contributed by atoms with Crippen LogP contribution in [-0.4, -0.2) is 38.7 Å². The van der Waals surface area contributed by atoms with Crippen LogP contribution in [0.3, 0.4) is 0 Å². The Balaban J connectivity index is 1.57. The first kappa shape index (κ1) is 29.3. The normalized spacial score (nSPS) is 12.1. The summed E-state index contributed by atoms with van der Waals surface area (Å²) >= 11 is 5.60. The molecule has 0 radical (unpaired) electrons. The van der Waals surface area contributed by atoms with Gasteiger partial charge in [0.05, 0.1) is 17.5 Å². The monoisotopic (exact) mass is 553 g/mol. The number of aryl methyl sites for hydroxylation is 1. The van der Waals surface area contributed by atoms with Crippen molar-refractivity contribution in [1.29, 1.82) is 0 Å². The van der Waals surface area contributed by atoms with Crippen molar-refractivity contribution >= 4 is 33.3 Å². The summed E-state index contributed by atoms with van der Waals surface area (Å²) in [6, 6.07) is 25.7. The highest BCUT2D eigenvalue weighted by atomic mass is 32.2. The third-order valence-corrected chi connectivity index (χ3v) is 7.67. The highest BCUT2D eigenvalue weighted by Gasteiger charge is 2.22. The van der Waals surface area contributed by atoms with E-state index in [9.17, 15) is 13.2 Å². The number of ether oxygens (including phenoxy) is 1. The lowest BCUT2D eigenvalue weighted by molar-refractivity contribution is -0.145. The van der Waals surface area contributed by atoms with Gasteiger partial charge < -0.3 is 15.4 Å². The van der Waals surface area contributed by atoms with E-state index in [1.54, 1.807) is 31.2 Å². The van der Waals surface area contributed by atoms with Gasteiger partial charge in [-0.15, -0.1) is 0 Å². The SMILES string of the molecule is CCOC(=O)C(CCCCNS(=O)(=O)c1ccc(C)cc1)NC(=S)NC(c1ccccc1)c1ccccc1. The Labute approximate surface area is 231 Å². The maximum absolute atomic E-state index is 12.7. The van der Waals surface area contributed by atoms with Crippen LogP contribution < -0.4 is 15.4 Å². The van der Waals surface area contributed by atoms with E-state index < -0.39 is 22.0 Å². The zero-order valence-electron chi connectivity index (χ0n) is 21.7. The van der Waals surface area contributed by atoms with Gasteiger partial charge in [0.2, 0.25) is 10.0 Å². The van der Waals surface area contributed by atoms with Crippen molar-refractivity contribution in [2.45, 2.75) is 50.1 Å². The molecular weight excluding hydrogens is 518 g/mol. The summed E-state index contributed by atoms with van der Waals surface area (Å²) in [7, 11) is -3.58. The van der Waals surface area contributed by atoms with Crippen LogP contribution in [-0.2, 0) is 19.6 Å². The lowest BCUT2D eigenvalue weighted by Crippen LogP contribution is -2.47. The molecule has 7 nitrogen and oxygen atoms in total. The zero-order valence-corrected chi connectivity index (χ0v) is 23.4. The van der Waals surface area contributed by atoms with Crippen LogP contribution in [0.5, 0.6) is 0 Å². The molecule has 3 aromatic carbocycles. The second kappa shape index (κ2) is 14.6. The number of hydrogen-bond acceptors (Lipinski definition) is 5. The van der Waals surface area contributed by atoms with Crippen LogP contribution in [0.25, 0.3) is 0 Å². The Kier molecular flexibility index (Phi) is 11.3. The fourth-order valence-electron chi connectivity index (χ4n) is 3.95. The standard InChI is InChI=1S/C29H35N3O4S2/c1-3-36-28(33)26(16-10-11-21-30-38(34,35)25-19-17-22(2)18-20-25)31-29(37)32-27(23-12-6-4-7-13-23)24-14-8-5-9-15-24/h4-9,12-15,17-20,26-27,30H,3,10-11,16,21H2,1-2H3,(H2,31,32,37). The van der Waals surface area contributed by atoms with Crippen molar-refractivity contribution in [2.75, 3.05) is 13.2 Å². The molecule has 0 aliphatic heterocycles. The van der Waals surface area contributed by atoms with Crippen LogP contribution >= 0.6 is 12.2 Å². The second-order valence-corrected chi connectivity index (χ2v) is 11.1. The molecule has 0 saturated heterocycles. The summed E-state index contributed by atoms with van der Waals surface area (Å²) in [4.78, 5) is 12.9. The zero-order chi connectivity index (χ0) is 27.4. The quantitative estimate of drug-likeness (QED) is 0.161. The summed E-state index contributed by atoms with van der Waals surface area (Å²) in [6.45, 7) is 4.18. The largest absolute Gasteiger partial charge is 0.464 e. The van der Waals surface area contributed by atoms with E-state index in [1.165, 1.54) is 0 Å². The van der Waals surface area contributed by atoms with Crippen molar-refractivity contribution in [3.05, 3.63) is 102 Å². The van der Waals surface area contributed by atoms with Gasteiger partial charge in [0.25, 0.3) is 0 Å². The third-order valence-electron chi connectivity index (χ3n) is 5.96. The number of thiocarbonyl (C=S) groups is 1. The van der Waals surface area contributed by atoms with E-state index in [-0.39, 0.29) is 24.1 Å². The van der Waals surface area contributed by atoms with Crippen molar-refractivity contribution in [1.82, 2.24) is 15.4 Å². The Morgan fingerprint density at radius 1 is 0.868 bits per heavy atom. The molecule has 0 spiro atoms. The van der Waals surface area contributed by atoms with E-state index >= 15 is 0 Å². The van der Waals surface area contributed by atoms with Crippen LogP contribution in [0.1, 0.15) is 48.9 Å². The molecule has 0 aromatic heterocycles. The number of unbranched alkanes of at least 4 members (excludes halogenated alkanes) is 1. The van der Waals surface area contributed by atoms with E-state index in [0.29, 0.717) is 24.4 Å². The summed E-state index contributed by atoms with van der Waals surface area (Å²) in [5.41, 5.74) is 3.07. The van der Waals surface area contributed by atoms with Gasteiger partial charge in [-0.3, -0.25) is 0 Å². The summed E-state index contributed by atoms with van der Waals surface area (Å²) in [5, 5.41) is 6.79. The molecule has 0 bridgehead atoms. The topological polar surface area (TPSA) is 96.5 Å². The Hall–Kier alpha value is -3.27. The van der Waals surface area contributed by atoms with Gasteiger partial charge in [0.1, 0.15) is 6.04 Å². The molecule has 9 heteroatoms. The molecule has 0 amide bonds. The minimum absolute atomic E-state index is 0.198. The maximum Gasteiger partial charge on any atom is 0.328 e. The van der Waals surface area contributed by atoms with Gasteiger partial charge in [0, 0.05) is 6.54 Å². The first-order valence-corrected chi connectivity index (χ1v) is 14.6. The van der Waals surface area contributed by atoms with Gasteiger partial charge >= 0.3 is 5.97 Å². The van der Waals surface area contributed by atoms with E-state index in [4.69, 9.17) is 17.0 Å². The summed E-state index contributed by atoms with van der Waals surface area (Å²) in [6.07, 6.45) is 1.59. The number of nitrogens with one attached hydrogen (secondary N) is 3. The van der Waals surface area contributed by atoms with Gasteiger partial charge in [-0.1, -0.05) is 78.4 Å². The average Bonchev–Trinajstić information content (AvgIpc) is 2.92. The highest BCUT2D eigenvalue weighted by molar-refractivity contribution is 7.89. The number of rotatable bonds is 13. The fraction of sp³-hybridized carbons (Fsp3) is 0.310. The molecule has 38 heavy (non-hydrogen) atoms. The molecule has 1 unspecified atom stereocenters. The van der Waals surface area contributed by atoms with Crippen molar-refractivity contribution < 1.29 is 17.9 Å². The minimum atomic E-state index is -3.58. The van der Waals surface area contributed by atoms with Crippen molar-refractivity contribution in [3.63, 3.8) is 0 Å². The Bertz CT molecular complexity index is 1230. The predicted octanol–water partition coefficient (Wildman–Crippen LogP) is 4.63. The molecule has 0 aliphatic rings. The van der Waals surface area contributed by atoms with E-state index in [0.717, 1.165) is 16.7 Å². The predicted molar refractivity (Wildman–Crippen MR) is 154 cm³/mol. The number of carbonyl (C=O) groups is 1. The van der Waals surface area contributed by atoms with E-state index in [2.05, 4.69) is 15.4 Å².